The van der Waals surface area contributed by atoms with Crippen molar-refractivity contribution in [1.29, 1.82) is 0 Å². The summed E-state index contributed by atoms with van der Waals surface area (Å²) in [6.45, 7) is 4.21. The van der Waals surface area contributed by atoms with Gasteiger partial charge in [0, 0.05) is 11.4 Å². The number of hydrogen-bond donors (Lipinski definition) is 1. The normalized spacial score (nSPS) is 19.3. The molecular formula is C19H20BrN3O3S. The first-order valence-electron chi connectivity index (χ1n) is 8.56. The highest BCUT2D eigenvalue weighted by molar-refractivity contribution is 9.11. The number of thiophene rings is 1. The minimum absolute atomic E-state index is 0.261. The molecule has 0 bridgehead atoms. The molecule has 142 valence electrons. The molecule has 2 heterocycles. The number of benzene rings is 1. The van der Waals surface area contributed by atoms with Gasteiger partial charge in [-0.2, -0.15) is 0 Å². The third kappa shape index (κ3) is 3.91. The van der Waals surface area contributed by atoms with Crippen LogP contribution in [0.2, 0.25) is 0 Å². The van der Waals surface area contributed by atoms with E-state index < -0.39 is 17.5 Å². The first kappa shape index (κ1) is 19.6. The van der Waals surface area contributed by atoms with Crippen molar-refractivity contribution in [2.75, 3.05) is 13.1 Å². The monoisotopic (exact) mass is 449 g/mol. The number of likely N-dealkylation sites (N-methyl/N-ethyl adjacent to an activating group) is 1. The van der Waals surface area contributed by atoms with E-state index in [1.165, 1.54) is 0 Å². The van der Waals surface area contributed by atoms with Gasteiger partial charge < -0.3 is 10.2 Å². The van der Waals surface area contributed by atoms with Gasteiger partial charge in [0.05, 0.1) is 10.3 Å². The highest BCUT2D eigenvalue weighted by atomic mass is 79.9. The molecule has 8 heteroatoms. The lowest BCUT2D eigenvalue weighted by molar-refractivity contribution is -0.139. The molecule has 1 saturated heterocycles. The van der Waals surface area contributed by atoms with Crippen molar-refractivity contribution in [2.24, 2.45) is 0 Å². The third-order valence-electron chi connectivity index (χ3n) is 4.63. The molecule has 0 spiro atoms. The maximum atomic E-state index is 12.9. The predicted molar refractivity (Wildman–Crippen MR) is 107 cm³/mol. The first-order valence-corrected chi connectivity index (χ1v) is 10.2. The molecule has 1 aliphatic rings. The molecule has 1 unspecified atom stereocenters. The number of imide groups is 1. The first-order chi connectivity index (χ1) is 12.8. The number of amides is 4. The van der Waals surface area contributed by atoms with Crippen LogP contribution in [0.25, 0.3) is 0 Å². The Morgan fingerprint density at radius 1 is 1.22 bits per heavy atom. The van der Waals surface area contributed by atoms with Crippen molar-refractivity contribution in [3.05, 3.63) is 56.7 Å². The zero-order valence-electron chi connectivity index (χ0n) is 15.1. The molecule has 27 heavy (non-hydrogen) atoms. The Morgan fingerprint density at radius 3 is 2.52 bits per heavy atom. The molecule has 6 nitrogen and oxygen atoms in total. The molecule has 2 aromatic rings. The molecule has 1 fully saturated rings. The fourth-order valence-corrected chi connectivity index (χ4v) is 4.54. The summed E-state index contributed by atoms with van der Waals surface area (Å²) in [6.07, 6.45) is 0. The molecule has 1 aromatic heterocycles. The highest BCUT2D eigenvalue weighted by Gasteiger charge is 2.49. The maximum absolute atomic E-state index is 12.9. The number of urea groups is 1. The second-order valence-electron chi connectivity index (χ2n) is 6.43. The van der Waals surface area contributed by atoms with Gasteiger partial charge in [-0.05, 0) is 47.5 Å². The van der Waals surface area contributed by atoms with Crippen LogP contribution in [-0.4, -0.2) is 40.7 Å². The van der Waals surface area contributed by atoms with Crippen LogP contribution in [0, 0.1) is 0 Å². The van der Waals surface area contributed by atoms with Crippen molar-refractivity contribution in [2.45, 2.75) is 25.9 Å². The van der Waals surface area contributed by atoms with E-state index in [4.69, 9.17) is 0 Å². The van der Waals surface area contributed by atoms with Gasteiger partial charge >= 0.3 is 6.03 Å². The summed E-state index contributed by atoms with van der Waals surface area (Å²) in [5, 5.41) is 2.72. The summed E-state index contributed by atoms with van der Waals surface area (Å²) in [5.74, 6) is -0.676. The average molecular weight is 450 g/mol. The number of halogens is 1. The van der Waals surface area contributed by atoms with Crippen LogP contribution >= 0.6 is 27.3 Å². The van der Waals surface area contributed by atoms with Gasteiger partial charge in [-0.25, -0.2) is 4.79 Å². The Morgan fingerprint density at radius 2 is 1.93 bits per heavy atom. The number of hydrogen-bond acceptors (Lipinski definition) is 4. The van der Waals surface area contributed by atoms with E-state index >= 15 is 0 Å². The summed E-state index contributed by atoms with van der Waals surface area (Å²) < 4.78 is 0.994. The van der Waals surface area contributed by atoms with E-state index in [0.717, 1.165) is 13.6 Å². The fraction of sp³-hybridized carbons (Fsp3) is 0.316. The van der Waals surface area contributed by atoms with Crippen LogP contribution in [0.5, 0.6) is 0 Å². The number of nitrogens with one attached hydrogen (secondary N) is 1. The van der Waals surface area contributed by atoms with Crippen LogP contribution in [0.4, 0.5) is 4.79 Å². The van der Waals surface area contributed by atoms with Gasteiger partial charge in [-0.1, -0.05) is 30.3 Å². The van der Waals surface area contributed by atoms with E-state index in [-0.39, 0.29) is 12.5 Å². The van der Waals surface area contributed by atoms with Crippen LogP contribution < -0.4 is 5.32 Å². The Labute approximate surface area is 170 Å². The Hall–Kier alpha value is -2.19. The van der Waals surface area contributed by atoms with E-state index in [1.54, 1.807) is 35.3 Å². The van der Waals surface area contributed by atoms with E-state index in [9.17, 15) is 14.4 Å². The molecule has 1 aliphatic heterocycles. The fourth-order valence-electron chi connectivity index (χ4n) is 3.04. The molecule has 1 aromatic carbocycles. The SMILES string of the molecule is CCN(Cc1ccc(Br)s1)C(=O)CN1C(=O)NC(C)(c2ccccc2)C1=O. The number of carbonyl (C=O) groups excluding carboxylic acids is 3. The summed E-state index contributed by atoms with van der Waals surface area (Å²) in [4.78, 5) is 41.7. The quantitative estimate of drug-likeness (QED) is 0.687. The highest BCUT2D eigenvalue weighted by Crippen LogP contribution is 2.29. The molecule has 4 amide bonds. The van der Waals surface area contributed by atoms with Crippen LogP contribution in [0.1, 0.15) is 24.3 Å². The van der Waals surface area contributed by atoms with E-state index in [1.807, 2.05) is 37.3 Å². The molecule has 0 radical (unpaired) electrons. The second-order valence-corrected chi connectivity index (χ2v) is 8.97. The lowest BCUT2D eigenvalue weighted by atomic mass is 9.92. The Bertz CT molecular complexity index is 870. The third-order valence-corrected chi connectivity index (χ3v) is 6.24. The maximum Gasteiger partial charge on any atom is 0.325 e. The minimum atomic E-state index is -1.16. The van der Waals surface area contributed by atoms with E-state index in [0.29, 0.717) is 18.7 Å². The molecule has 3 rings (SSSR count). The van der Waals surface area contributed by atoms with Crippen molar-refractivity contribution >= 4 is 45.1 Å². The van der Waals surface area contributed by atoms with Gasteiger partial charge in [0.2, 0.25) is 5.91 Å². The van der Waals surface area contributed by atoms with Gasteiger partial charge in [-0.3, -0.25) is 14.5 Å². The smallest absolute Gasteiger partial charge is 0.325 e. The zero-order valence-corrected chi connectivity index (χ0v) is 17.5. The van der Waals surface area contributed by atoms with Gasteiger partial charge in [-0.15, -0.1) is 11.3 Å². The molecular weight excluding hydrogens is 430 g/mol. The number of carbonyl (C=O) groups is 3. The average Bonchev–Trinajstić information content (AvgIpc) is 3.17. The van der Waals surface area contributed by atoms with Crippen molar-refractivity contribution in [3.63, 3.8) is 0 Å². The van der Waals surface area contributed by atoms with Crippen molar-refractivity contribution in [1.82, 2.24) is 15.1 Å². The topological polar surface area (TPSA) is 69.7 Å². The zero-order chi connectivity index (χ0) is 19.6. The summed E-state index contributed by atoms with van der Waals surface area (Å²) in [5.41, 5.74) is -0.469. The van der Waals surface area contributed by atoms with Crippen LogP contribution in [0.15, 0.2) is 46.3 Å². The van der Waals surface area contributed by atoms with Gasteiger partial charge in [0.15, 0.2) is 0 Å². The standard InChI is InChI=1S/C19H20BrN3O3S/c1-3-22(11-14-9-10-15(20)27-14)16(24)12-23-17(25)19(2,21-18(23)26)13-7-5-4-6-8-13/h4-10H,3,11-12H2,1-2H3,(H,21,26). The largest absolute Gasteiger partial charge is 0.336 e. The lowest BCUT2D eigenvalue weighted by Gasteiger charge is -2.24. The predicted octanol–water partition coefficient (Wildman–Crippen LogP) is 3.33. The lowest BCUT2D eigenvalue weighted by Crippen LogP contribution is -2.44. The van der Waals surface area contributed by atoms with Crippen molar-refractivity contribution in [3.8, 4) is 0 Å². The van der Waals surface area contributed by atoms with Gasteiger partial charge in [0.1, 0.15) is 12.1 Å². The van der Waals surface area contributed by atoms with E-state index in [2.05, 4.69) is 21.2 Å². The number of nitrogens with zero attached hydrogens (tertiary/aromatic N) is 2. The molecule has 1 N–H and O–H groups in total. The minimum Gasteiger partial charge on any atom is -0.336 e. The van der Waals surface area contributed by atoms with Crippen LogP contribution in [0.3, 0.4) is 0 Å². The number of rotatable bonds is 6. The Balaban J connectivity index is 1.73. The molecule has 0 aliphatic carbocycles. The summed E-state index contributed by atoms with van der Waals surface area (Å²) in [6, 6.07) is 12.4. The summed E-state index contributed by atoms with van der Waals surface area (Å²) >= 11 is 4.96. The van der Waals surface area contributed by atoms with Gasteiger partial charge in [0.25, 0.3) is 5.91 Å². The van der Waals surface area contributed by atoms with Crippen LogP contribution in [-0.2, 0) is 21.7 Å². The summed E-state index contributed by atoms with van der Waals surface area (Å²) in [7, 11) is 0. The Kier molecular flexibility index (Phi) is 5.67. The second kappa shape index (κ2) is 7.82. The molecule has 1 atom stereocenters. The van der Waals surface area contributed by atoms with Crippen molar-refractivity contribution < 1.29 is 14.4 Å². The molecule has 0 saturated carbocycles.